The number of methoxy groups -OCH3 is 1. The Balaban J connectivity index is 2.42. The molecule has 21 heavy (non-hydrogen) atoms. The van der Waals surface area contributed by atoms with Crippen molar-refractivity contribution >= 4 is 15.5 Å². The highest BCUT2D eigenvalue weighted by atomic mass is 32.2. The van der Waals surface area contributed by atoms with E-state index in [1.165, 1.54) is 25.3 Å². The van der Waals surface area contributed by atoms with Gasteiger partial charge in [0.1, 0.15) is 5.82 Å². The van der Waals surface area contributed by atoms with Crippen molar-refractivity contribution in [3.63, 3.8) is 0 Å². The van der Waals surface area contributed by atoms with Crippen LogP contribution in [0.3, 0.4) is 0 Å². The predicted molar refractivity (Wildman–Crippen MR) is 74.7 cm³/mol. The second kappa shape index (κ2) is 5.69. The molecule has 2 rings (SSSR count). The van der Waals surface area contributed by atoms with Crippen LogP contribution in [0.2, 0.25) is 0 Å². The maximum Gasteiger partial charge on any atom is 0.184 e. The second-order valence-corrected chi connectivity index (χ2v) is 6.33. The lowest BCUT2D eigenvalue weighted by Crippen LogP contribution is -2.09. The first-order valence-corrected chi connectivity index (χ1v) is 7.59. The molecule has 0 heterocycles. The van der Waals surface area contributed by atoms with Gasteiger partial charge in [-0.3, -0.25) is 0 Å². The van der Waals surface area contributed by atoms with Crippen LogP contribution in [0.15, 0.2) is 41.3 Å². The standard InChI is InChI=1S/C14H13F2NO3S/c1-20-12-4-2-3-9(14(12)16)8-21(18,19)13-6-5-10(15)7-11(13)17/h2-7H,8,17H2,1H3. The molecule has 4 nitrogen and oxygen atoms in total. The first-order chi connectivity index (χ1) is 9.85. The van der Waals surface area contributed by atoms with Gasteiger partial charge in [0.05, 0.1) is 23.4 Å². The summed E-state index contributed by atoms with van der Waals surface area (Å²) in [6.07, 6.45) is 0. The maximum absolute atomic E-state index is 14.0. The number of ether oxygens (including phenoxy) is 1. The Morgan fingerprint density at radius 3 is 2.52 bits per heavy atom. The number of sulfone groups is 1. The summed E-state index contributed by atoms with van der Waals surface area (Å²) in [4.78, 5) is -0.230. The number of rotatable bonds is 4. The smallest absolute Gasteiger partial charge is 0.184 e. The minimum absolute atomic E-state index is 0.0434. The summed E-state index contributed by atoms with van der Waals surface area (Å²) in [6, 6.07) is 7.19. The van der Waals surface area contributed by atoms with Gasteiger partial charge in [0, 0.05) is 5.56 Å². The van der Waals surface area contributed by atoms with E-state index < -0.39 is 27.2 Å². The molecule has 0 unspecified atom stereocenters. The van der Waals surface area contributed by atoms with Crippen LogP contribution in [0.1, 0.15) is 5.56 Å². The number of halogens is 2. The van der Waals surface area contributed by atoms with Crippen molar-refractivity contribution in [2.45, 2.75) is 10.6 Å². The van der Waals surface area contributed by atoms with E-state index in [2.05, 4.69) is 0 Å². The molecular weight excluding hydrogens is 300 g/mol. The Hall–Kier alpha value is -2.15. The molecule has 112 valence electrons. The summed E-state index contributed by atoms with van der Waals surface area (Å²) in [7, 11) is -2.61. The normalized spacial score (nSPS) is 11.4. The summed E-state index contributed by atoms with van der Waals surface area (Å²) < 4.78 is 56.3. The molecule has 0 radical (unpaired) electrons. The van der Waals surface area contributed by atoms with Crippen molar-refractivity contribution in [2.75, 3.05) is 12.8 Å². The van der Waals surface area contributed by atoms with Crippen LogP contribution in [-0.2, 0) is 15.6 Å². The molecule has 0 amide bonds. The van der Waals surface area contributed by atoms with Gasteiger partial charge >= 0.3 is 0 Å². The van der Waals surface area contributed by atoms with Gasteiger partial charge in [-0.2, -0.15) is 0 Å². The third-order valence-electron chi connectivity index (χ3n) is 2.92. The second-order valence-electron chi connectivity index (χ2n) is 4.37. The van der Waals surface area contributed by atoms with E-state index in [0.717, 1.165) is 18.2 Å². The van der Waals surface area contributed by atoms with Gasteiger partial charge in [-0.05, 0) is 24.3 Å². The highest BCUT2D eigenvalue weighted by molar-refractivity contribution is 7.90. The Bertz CT molecular complexity index is 776. The topological polar surface area (TPSA) is 69.4 Å². The Labute approximate surface area is 121 Å². The zero-order valence-corrected chi connectivity index (χ0v) is 12.0. The van der Waals surface area contributed by atoms with E-state index >= 15 is 0 Å². The lowest BCUT2D eigenvalue weighted by atomic mass is 10.2. The van der Waals surface area contributed by atoms with Gasteiger partial charge in [-0.15, -0.1) is 0 Å². The summed E-state index contributed by atoms with van der Waals surface area (Å²) in [6.45, 7) is 0. The monoisotopic (exact) mass is 313 g/mol. The van der Waals surface area contributed by atoms with Gasteiger partial charge in [0.15, 0.2) is 21.4 Å². The summed E-state index contributed by atoms with van der Waals surface area (Å²) >= 11 is 0. The van der Waals surface area contributed by atoms with Crippen molar-refractivity contribution in [1.29, 1.82) is 0 Å². The molecule has 2 aromatic rings. The average molecular weight is 313 g/mol. The van der Waals surface area contributed by atoms with Crippen LogP contribution in [0.25, 0.3) is 0 Å². The third kappa shape index (κ3) is 3.13. The fraction of sp³-hybridized carbons (Fsp3) is 0.143. The minimum Gasteiger partial charge on any atom is -0.494 e. The lowest BCUT2D eigenvalue weighted by molar-refractivity contribution is 0.385. The maximum atomic E-state index is 14.0. The molecule has 0 spiro atoms. The molecule has 0 aliphatic heterocycles. The summed E-state index contributed by atoms with van der Waals surface area (Å²) in [5.74, 6) is -2.02. The fourth-order valence-corrected chi connectivity index (χ4v) is 3.39. The van der Waals surface area contributed by atoms with Crippen LogP contribution in [-0.4, -0.2) is 15.5 Å². The van der Waals surface area contributed by atoms with Crippen molar-refractivity contribution in [2.24, 2.45) is 0 Å². The lowest BCUT2D eigenvalue weighted by Gasteiger charge is -2.10. The molecule has 0 aromatic heterocycles. The van der Waals surface area contributed by atoms with Crippen LogP contribution >= 0.6 is 0 Å². The number of nitrogen functional groups attached to an aromatic ring is 1. The molecule has 0 bridgehead atoms. The number of nitrogens with two attached hydrogens (primary N) is 1. The SMILES string of the molecule is COc1cccc(CS(=O)(=O)c2ccc(F)cc2N)c1F. The van der Waals surface area contributed by atoms with Gasteiger partial charge in [-0.1, -0.05) is 12.1 Å². The van der Waals surface area contributed by atoms with Crippen LogP contribution in [0.5, 0.6) is 5.75 Å². The Kier molecular flexibility index (Phi) is 4.13. The van der Waals surface area contributed by atoms with Crippen molar-refractivity contribution in [3.05, 3.63) is 53.6 Å². The predicted octanol–water partition coefficient (Wildman–Crippen LogP) is 2.53. The number of hydrogen-bond acceptors (Lipinski definition) is 4. The number of anilines is 1. The van der Waals surface area contributed by atoms with Crippen LogP contribution < -0.4 is 10.5 Å². The van der Waals surface area contributed by atoms with Gasteiger partial charge in [0.25, 0.3) is 0 Å². The Morgan fingerprint density at radius 2 is 1.90 bits per heavy atom. The molecule has 0 atom stereocenters. The van der Waals surface area contributed by atoms with E-state index in [1.54, 1.807) is 0 Å². The molecule has 0 aliphatic rings. The quantitative estimate of drug-likeness (QED) is 0.695. The molecule has 0 saturated heterocycles. The largest absolute Gasteiger partial charge is 0.494 e. The summed E-state index contributed by atoms with van der Waals surface area (Å²) in [5, 5.41) is 0. The minimum atomic E-state index is -3.90. The molecule has 2 aromatic carbocycles. The zero-order chi connectivity index (χ0) is 15.6. The van der Waals surface area contributed by atoms with E-state index in [9.17, 15) is 17.2 Å². The number of benzene rings is 2. The Morgan fingerprint density at radius 1 is 1.19 bits per heavy atom. The van der Waals surface area contributed by atoms with E-state index in [0.29, 0.717) is 0 Å². The average Bonchev–Trinajstić information content (AvgIpc) is 2.40. The third-order valence-corrected chi connectivity index (χ3v) is 4.65. The molecule has 0 aliphatic carbocycles. The molecular formula is C14H13F2NO3S. The van der Waals surface area contributed by atoms with Crippen molar-refractivity contribution in [1.82, 2.24) is 0 Å². The van der Waals surface area contributed by atoms with Crippen molar-refractivity contribution < 1.29 is 21.9 Å². The fourth-order valence-electron chi connectivity index (χ4n) is 1.91. The van der Waals surface area contributed by atoms with Gasteiger partial charge in [-0.25, -0.2) is 17.2 Å². The number of hydrogen-bond donors (Lipinski definition) is 1. The van der Waals surface area contributed by atoms with Crippen LogP contribution in [0, 0.1) is 11.6 Å². The van der Waals surface area contributed by atoms with Crippen LogP contribution in [0.4, 0.5) is 14.5 Å². The van der Waals surface area contributed by atoms with Gasteiger partial charge < -0.3 is 10.5 Å². The van der Waals surface area contributed by atoms with E-state index in [-0.39, 0.29) is 21.9 Å². The molecule has 7 heteroatoms. The van der Waals surface area contributed by atoms with Gasteiger partial charge in [0.2, 0.25) is 0 Å². The summed E-state index contributed by atoms with van der Waals surface area (Å²) in [5.41, 5.74) is 5.26. The van der Waals surface area contributed by atoms with E-state index in [4.69, 9.17) is 10.5 Å². The first-order valence-electron chi connectivity index (χ1n) is 5.94. The van der Waals surface area contributed by atoms with Crippen molar-refractivity contribution in [3.8, 4) is 5.75 Å². The highest BCUT2D eigenvalue weighted by Crippen LogP contribution is 2.27. The van der Waals surface area contributed by atoms with E-state index in [1.807, 2.05) is 0 Å². The highest BCUT2D eigenvalue weighted by Gasteiger charge is 2.21. The molecule has 2 N–H and O–H groups in total. The zero-order valence-electron chi connectivity index (χ0n) is 11.1. The first kappa shape index (κ1) is 15.2. The molecule has 0 fully saturated rings. The molecule has 0 saturated carbocycles.